The van der Waals surface area contributed by atoms with E-state index in [-0.39, 0.29) is 18.5 Å². The van der Waals surface area contributed by atoms with Gasteiger partial charge >= 0.3 is 0 Å². The van der Waals surface area contributed by atoms with E-state index in [2.05, 4.69) is 5.32 Å². The molecule has 1 fully saturated rings. The summed E-state index contributed by atoms with van der Waals surface area (Å²) in [5.74, 6) is 0.614. The van der Waals surface area contributed by atoms with Gasteiger partial charge in [-0.2, -0.15) is 0 Å². The summed E-state index contributed by atoms with van der Waals surface area (Å²) < 4.78 is 5.81. The number of piperidine rings is 1. The third-order valence-corrected chi connectivity index (χ3v) is 3.57. The molecule has 1 aliphatic heterocycles. The van der Waals surface area contributed by atoms with Gasteiger partial charge in [0.05, 0.1) is 15.1 Å². The molecule has 96 valence electrons. The summed E-state index contributed by atoms with van der Waals surface area (Å²) in [6.45, 7) is 1.95. The summed E-state index contributed by atoms with van der Waals surface area (Å²) in [6.07, 6.45) is 2.17. The van der Waals surface area contributed by atoms with Gasteiger partial charge in [-0.05, 0) is 32.0 Å². The normalized spacial score (nSPS) is 16.4. The van der Waals surface area contributed by atoms with Crippen LogP contribution in [-0.2, 0) is 0 Å². The highest BCUT2D eigenvalue weighted by molar-refractivity contribution is 6.43. The molecule has 0 aromatic heterocycles. The van der Waals surface area contributed by atoms with Crippen molar-refractivity contribution in [1.29, 1.82) is 0 Å². The maximum atomic E-state index is 6.04. The fraction of sp³-hybridized carbons (Fsp3) is 0.455. The molecule has 1 saturated heterocycles. The van der Waals surface area contributed by atoms with E-state index in [0.29, 0.717) is 20.8 Å². The Morgan fingerprint density at radius 3 is 2.24 bits per heavy atom. The van der Waals surface area contributed by atoms with Crippen molar-refractivity contribution in [1.82, 2.24) is 5.32 Å². The second-order valence-corrected chi connectivity index (χ2v) is 4.99. The molecule has 1 aromatic rings. The van der Waals surface area contributed by atoms with Crippen LogP contribution in [0.3, 0.4) is 0 Å². The van der Waals surface area contributed by atoms with Gasteiger partial charge in [0.1, 0.15) is 11.9 Å². The van der Waals surface area contributed by atoms with Crippen LogP contribution in [0.4, 0.5) is 0 Å². The zero-order valence-electron chi connectivity index (χ0n) is 9.01. The summed E-state index contributed by atoms with van der Waals surface area (Å²) >= 11 is 17.8. The standard InChI is InChI=1S/C11H12Cl3NO.ClH/c12-8-5-10(14)11(6-9(8)13)16-7-1-3-15-4-2-7;/h5-7,15H,1-4H2;1H. The second-order valence-electron chi connectivity index (χ2n) is 3.76. The van der Waals surface area contributed by atoms with E-state index in [1.807, 2.05) is 0 Å². The highest BCUT2D eigenvalue weighted by Gasteiger charge is 2.16. The predicted octanol–water partition coefficient (Wildman–Crippen LogP) is 4.20. The molecule has 0 unspecified atom stereocenters. The van der Waals surface area contributed by atoms with Crippen molar-refractivity contribution in [2.24, 2.45) is 0 Å². The van der Waals surface area contributed by atoms with Crippen LogP contribution in [-0.4, -0.2) is 19.2 Å². The first-order chi connectivity index (χ1) is 7.66. The summed E-state index contributed by atoms with van der Waals surface area (Å²) in [5, 5.41) is 4.70. The van der Waals surface area contributed by atoms with Gasteiger partial charge in [0.15, 0.2) is 0 Å². The van der Waals surface area contributed by atoms with Gasteiger partial charge in [0.25, 0.3) is 0 Å². The summed E-state index contributed by atoms with van der Waals surface area (Å²) in [5.41, 5.74) is 0. The molecule has 6 heteroatoms. The molecule has 2 nitrogen and oxygen atoms in total. The van der Waals surface area contributed by atoms with Crippen molar-refractivity contribution >= 4 is 47.2 Å². The van der Waals surface area contributed by atoms with Crippen LogP contribution in [0.25, 0.3) is 0 Å². The van der Waals surface area contributed by atoms with Gasteiger partial charge in [-0.15, -0.1) is 12.4 Å². The minimum absolute atomic E-state index is 0. The van der Waals surface area contributed by atoms with Gasteiger partial charge in [0, 0.05) is 6.07 Å². The maximum Gasteiger partial charge on any atom is 0.139 e. The van der Waals surface area contributed by atoms with E-state index >= 15 is 0 Å². The van der Waals surface area contributed by atoms with E-state index < -0.39 is 0 Å². The van der Waals surface area contributed by atoms with Crippen LogP contribution in [0.5, 0.6) is 5.75 Å². The SMILES string of the molecule is Cl.Clc1cc(Cl)c(OC2CCNCC2)cc1Cl. The molecule has 0 radical (unpaired) electrons. The molecule has 1 heterocycles. The highest BCUT2D eigenvalue weighted by Crippen LogP contribution is 2.34. The number of rotatable bonds is 2. The summed E-state index contributed by atoms with van der Waals surface area (Å²) in [6, 6.07) is 3.29. The Morgan fingerprint density at radius 2 is 1.59 bits per heavy atom. The van der Waals surface area contributed by atoms with Gasteiger partial charge in [-0.3, -0.25) is 0 Å². The van der Waals surface area contributed by atoms with E-state index in [1.54, 1.807) is 12.1 Å². The van der Waals surface area contributed by atoms with Gasteiger partial charge in [-0.25, -0.2) is 0 Å². The lowest BCUT2D eigenvalue weighted by molar-refractivity contribution is 0.162. The fourth-order valence-corrected chi connectivity index (χ4v) is 2.27. The van der Waals surface area contributed by atoms with Crippen LogP contribution in [0, 0.1) is 0 Å². The Kier molecular flexibility index (Phi) is 6.18. The van der Waals surface area contributed by atoms with Crippen LogP contribution in [0.15, 0.2) is 12.1 Å². The molecule has 0 aliphatic carbocycles. The second kappa shape index (κ2) is 6.91. The number of hydrogen-bond donors (Lipinski definition) is 1. The van der Waals surface area contributed by atoms with E-state index in [4.69, 9.17) is 39.5 Å². The molecule has 0 bridgehead atoms. The Morgan fingerprint density at radius 1 is 1.00 bits per heavy atom. The lowest BCUT2D eigenvalue weighted by Crippen LogP contribution is -2.34. The molecule has 2 rings (SSSR count). The topological polar surface area (TPSA) is 21.3 Å². The Balaban J connectivity index is 0.00000144. The van der Waals surface area contributed by atoms with Crippen LogP contribution >= 0.6 is 47.2 Å². The highest BCUT2D eigenvalue weighted by atomic mass is 35.5. The maximum absolute atomic E-state index is 6.04. The molecular formula is C11H13Cl4NO. The Hall–Kier alpha value is 0.140. The lowest BCUT2D eigenvalue weighted by atomic mass is 10.1. The van der Waals surface area contributed by atoms with Crippen LogP contribution < -0.4 is 10.1 Å². The third-order valence-electron chi connectivity index (χ3n) is 2.55. The monoisotopic (exact) mass is 315 g/mol. The van der Waals surface area contributed by atoms with Gasteiger partial charge in [-0.1, -0.05) is 34.8 Å². The number of nitrogens with one attached hydrogen (secondary N) is 1. The Bertz CT molecular complexity index is 380. The smallest absolute Gasteiger partial charge is 0.139 e. The quantitative estimate of drug-likeness (QED) is 0.826. The molecule has 0 spiro atoms. The van der Waals surface area contributed by atoms with E-state index in [9.17, 15) is 0 Å². The summed E-state index contributed by atoms with van der Waals surface area (Å²) in [4.78, 5) is 0. The van der Waals surface area contributed by atoms with Crippen molar-refractivity contribution in [3.8, 4) is 5.75 Å². The zero-order valence-corrected chi connectivity index (χ0v) is 12.1. The lowest BCUT2D eigenvalue weighted by Gasteiger charge is -2.24. The number of halogens is 4. The van der Waals surface area contributed by atoms with Crippen LogP contribution in [0.2, 0.25) is 15.1 Å². The largest absolute Gasteiger partial charge is 0.489 e. The molecule has 0 saturated carbocycles. The van der Waals surface area contributed by atoms with E-state index in [0.717, 1.165) is 25.9 Å². The van der Waals surface area contributed by atoms with E-state index in [1.165, 1.54) is 0 Å². The number of benzene rings is 1. The van der Waals surface area contributed by atoms with Crippen molar-refractivity contribution in [3.05, 3.63) is 27.2 Å². The molecule has 17 heavy (non-hydrogen) atoms. The van der Waals surface area contributed by atoms with Gasteiger partial charge < -0.3 is 10.1 Å². The fourth-order valence-electron chi connectivity index (χ4n) is 1.69. The van der Waals surface area contributed by atoms with Crippen molar-refractivity contribution in [3.63, 3.8) is 0 Å². The van der Waals surface area contributed by atoms with Crippen LogP contribution in [0.1, 0.15) is 12.8 Å². The van der Waals surface area contributed by atoms with Crippen molar-refractivity contribution < 1.29 is 4.74 Å². The predicted molar refractivity (Wildman–Crippen MR) is 75.2 cm³/mol. The Labute approximate surface area is 122 Å². The van der Waals surface area contributed by atoms with Gasteiger partial charge in [0.2, 0.25) is 0 Å². The molecular weight excluding hydrogens is 304 g/mol. The average molecular weight is 317 g/mol. The molecule has 1 N–H and O–H groups in total. The van der Waals surface area contributed by atoms with Crippen molar-refractivity contribution in [2.75, 3.05) is 13.1 Å². The minimum atomic E-state index is 0. The average Bonchev–Trinajstić information content (AvgIpc) is 2.27. The number of ether oxygens (including phenoxy) is 1. The first-order valence-corrected chi connectivity index (χ1v) is 6.32. The molecule has 0 amide bonds. The first-order valence-electron chi connectivity index (χ1n) is 5.19. The summed E-state index contributed by atoms with van der Waals surface area (Å²) in [7, 11) is 0. The zero-order chi connectivity index (χ0) is 11.5. The third kappa shape index (κ3) is 4.08. The molecule has 0 atom stereocenters. The molecule has 1 aromatic carbocycles. The first kappa shape index (κ1) is 15.2. The number of hydrogen-bond acceptors (Lipinski definition) is 2. The molecule has 1 aliphatic rings. The minimum Gasteiger partial charge on any atom is -0.489 e. The van der Waals surface area contributed by atoms with Crippen molar-refractivity contribution in [2.45, 2.75) is 18.9 Å².